The summed E-state index contributed by atoms with van der Waals surface area (Å²) in [4.78, 5) is 24.7. The molecular formula is C25H40O4. The fourth-order valence-corrected chi connectivity index (χ4v) is 4.70. The van der Waals surface area contributed by atoms with Gasteiger partial charge in [-0.15, -0.1) is 13.2 Å². The third-order valence-corrected chi connectivity index (χ3v) is 6.47. The smallest absolute Gasteiger partial charge is 0.312 e. The fraction of sp³-hybridized carbons (Fsp3) is 0.760. The normalized spacial score (nSPS) is 24.1. The van der Waals surface area contributed by atoms with Crippen LogP contribution in [0.4, 0.5) is 0 Å². The lowest BCUT2D eigenvalue weighted by molar-refractivity contribution is -0.237. The Labute approximate surface area is 177 Å². The van der Waals surface area contributed by atoms with Crippen LogP contribution in [0.1, 0.15) is 96.3 Å². The highest BCUT2D eigenvalue weighted by Gasteiger charge is 2.76. The minimum atomic E-state index is -0.381. The standard InChI is InChI=1S/C25H40O4/c1-3-5-7-9-11-13-15-17-28-22(26)24-19-25(20-24,21-24)23(27)29-18-16-14-12-10-8-6-4-2/h3-4H,1-2,5-21H2. The van der Waals surface area contributed by atoms with Crippen molar-refractivity contribution in [3.63, 3.8) is 0 Å². The molecule has 164 valence electrons. The Balaban J connectivity index is 1.47. The van der Waals surface area contributed by atoms with Crippen LogP contribution in [-0.4, -0.2) is 25.2 Å². The van der Waals surface area contributed by atoms with E-state index < -0.39 is 0 Å². The second-order valence-electron chi connectivity index (χ2n) is 9.05. The van der Waals surface area contributed by atoms with Gasteiger partial charge in [0.15, 0.2) is 0 Å². The van der Waals surface area contributed by atoms with Crippen molar-refractivity contribution in [3.05, 3.63) is 25.3 Å². The average molecular weight is 405 g/mol. The largest absolute Gasteiger partial charge is 0.465 e. The Morgan fingerprint density at radius 3 is 1.34 bits per heavy atom. The number of ether oxygens (including phenoxy) is 2. The van der Waals surface area contributed by atoms with Crippen molar-refractivity contribution in [3.8, 4) is 0 Å². The molecule has 3 aliphatic rings. The van der Waals surface area contributed by atoms with Crippen LogP contribution < -0.4 is 0 Å². The lowest BCUT2D eigenvalue weighted by Crippen LogP contribution is -2.69. The van der Waals surface area contributed by atoms with Crippen molar-refractivity contribution in [2.24, 2.45) is 10.8 Å². The molecule has 0 N–H and O–H groups in total. The summed E-state index contributed by atoms with van der Waals surface area (Å²) in [6.45, 7) is 8.47. The maximum atomic E-state index is 12.3. The van der Waals surface area contributed by atoms with E-state index in [9.17, 15) is 9.59 Å². The first kappa shape index (κ1) is 23.7. The molecule has 0 aromatic carbocycles. The Bertz CT molecular complexity index is 485. The summed E-state index contributed by atoms with van der Waals surface area (Å²) in [5.41, 5.74) is -0.762. The van der Waals surface area contributed by atoms with E-state index in [0.717, 1.165) is 38.5 Å². The lowest BCUT2D eigenvalue weighted by atomic mass is 9.35. The Kier molecular flexibility index (Phi) is 9.96. The van der Waals surface area contributed by atoms with E-state index in [2.05, 4.69) is 13.2 Å². The second-order valence-corrected chi connectivity index (χ2v) is 9.05. The van der Waals surface area contributed by atoms with Gasteiger partial charge in [0.1, 0.15) is 0 Å². The molecule has 29 heavy (non-hydrogen) atoms. The first-order chi connectivity index (χ1) is 14.1. The van der Waals surface area contributed by atoms with Gasteiger partial charge in [-0.25, -0.2) is 0 Å². The van der Waals surface area contributed by atoms with E-state index in [1.54, 1.807) is 0 Å². The number of carbonyl (C=O) groups excluding carboxylic acids is 2. The summed E-state index contributed by atoms with van der Waals surface area (Å²) in [5, 5.41) is 0. The first-order valence-corrected chi connectivity index (χ1v) is 11.6. The van der Waals surface area contributed by atoms with Crippen molar-refractivity contribution in [1.82, 2.24) is 0 Å². The molecule has 0 aromatic heterocycles. The van der Waals surface area contributed by atoms with E-state index in [1.807, 2.05) is 12.2 Å². The second kappa shape index (κ2) is 12.2. The van der Waals surface area contributed by atoms with Crippen LogP contribution in [0.3, 0.4) is 0 Å². The highest BCUT2D eigenvalue weighted by molar-refractivity contribution is 5.91. The van der Waals surface area contributed by atoms with Crippen molar-refractivity contribution in [2.45, 2.75) is 96.3 Å². The summed E-state index contributed by atoms with van der Waals surface area (Å²) >= 11 is 0. The third kappa shape index (κ3) is 6.72. The van der Waals surface area contributed by atoms with E-state index in [0.29, 0.717) is 32.5 Å². The van der Waals surface area contributed by atoms with Gasteiger partial charge in [0, 0.05) is 0 Å². The molecule has 4 heteroatoms. The van der Waals surface area contributed by atoms with Crippen LogP contribution in [-0.2, 0) is 19.1 Å². The van der Waals surface area contributed by atoms with Crippen molar-refractivity contribution < 1.29 is 19.1 Å². The summed E-state index contributed by atoms with van der Waals surface area (Å²) in [6.07, 6.45) is 19.2. The molecule has 0 radical (unpaired) electrons. The molecule has 0 unspecified atom stereocenters. The molecule has 0 aromatic rings. The van der Waals surface area contributed by atoms with Crippen LogP contribution in [0.25, 0.3) is 0 Å². The molecule has 4 nitrogen and oxygen atoms in total. The van der Waals surface area contributed by atoms with Gasteiger partial charge in [0.2, 0.25) is 0 Å². The van der Waals surface area contributed by atoms with Crippen LogP contribution in [0.15, 0.2) is 25.3 Å². The molecule has 3 aliphatic carbocycles. The van der Waals surface area contributed by atoms with E-state index in [4.69, 9.17) is 9.47 Å². The van der Waals surface area contributed by atoms with Crippen LogP contribution >= 0.6 is 0 Å². The monoisotopic (exact) mass is 404 g/mol. The zero-order valence-corrected chi connectivity index (χ0v) is 18.2. The van der Waals surface area contributed by atoms with Gasteiger partial charge >= 0.3 is 11.9 Å². The SMILES string of the molecule is C=CCCCCCCCOC(=O)C12CC(C(=O)OCCCCCCCC=C)(C1)C2. The van der Waals surface area contributed by atoms with Crippen molar-refractivity contribution in [2.75, 3.05) is 13.2 Å². The van der Waals surface area contributed by atoms with Crippen molar-refractivity contribution >= 4 is 11.9 Å². The predicted octanol–water partition coefficient (Wildman–Crippen LogP) is 6.30. The van der Waals surface area contributed by atoms with Crippen molar-refractivity contribution in [1.29, 1.82) is 0 Å². The average Bonchev–Trinajstić information content (AvgIpc) is 2.64. The minimum Gasteiger partial charge on any atom is -0.465 e. The number of allylic oxidation sites excluding steroid dienone is 2. The van der Waals surface area contributed by atoms with E-state index in [-0.39, 0.29) is 22.8 Å². The quantitative estimate of drug-likeness (QED) is 0.153. The molecule has 3 rings (SSSR count). The Morgan fingerprint density at radius 2 is 0.966 bits per heavy atom. The number of esters is 2. The molecule has 0 spiro atoms. The molecule has 0 amide bonds. The number of carbonyl (C=O) groups is 2. The molecule has 0 saturated heterocycles. The zero-order chi connectivity index (χ0) is 21.0. The van der Waals surface area contributed by atoms with Gasteiger partial charge < -0.3 is 9.47 Å². The Morgan fingerprint density at radius 1 is 0.621 bits per heavy atom. The molecule has 0 heterocycles. The zero-order valence-electron chi connectivity index (χ0n) is 18.2. The summed E-state index contributed by atoms with van der Waals surface area (Å²) in [7, 11) is 0. The van der Waals surface area contributed by atoms with E-state index >= 15 is 0 Å². The summed E-state index contributed by atoms with van der Waals surface area (Å²) in [5.74, 6) is -0.197. The molecule has 3 saturated carbocycles. The number of unbranched alkanes of at least 4 members (excludes halogenated alkanes) is 10. The Hall–Kier alpha value is -1.58. The minimum absolute atomic E-state index is 0.0987. The number of rotatable bonds is 18. The third-order valence-electron chi connectivity index (χ3n) is 6.47. The van der Waals surface area contributed by atoms with E-state index in [1.165, 1.54) is 38.5 Å². The van der Waals surface area contributed by atoms with Gasteiger partial charge in [-0.05, 0) is 57.8 Å². The number of hydrogen-bond donors (Lipinski definition) is 0. The molecule has 3 fully saturated rings. The van der Waals surface area contributed by atoms with Gasteiger partial charge in [0.25, 0.3) is 0 Å². The molecule has 0 aliphatic heterocycles. The topological polar surface area (TPSA) is 52.6 Å². The number of hydrogen-bond acceptors (Lipinski definition) is 4. The van der Waals surface area contributed by atoms with Gasteiger partial charge in [-0.1, -0.05) is 50.7 Å². The molecular weight excluding hydrogens is 364 g/mol. The highest BCUT2D eigenvalue weighted by atomic mass is 16.5. The maximum absolute atomic E-state index is 12.3. The maximum Gasteiger partial charge on any atom is 0.312 e. The predicted molar refractivity (Wildman–Crippen MR) is 116 cm³/mol. The highest BCUT2D eigenvalue weighted by Crippen LogP contribution is 2.74. The fourth-order valence-electron chi connectivity index (χ4n) is 4.70. The molecule has 0 atom stereocenters. The van der Waals surface area contributed by atoms with Crippen LogP contribution in [0.5, 0.6) is 0 Å². The lowest BCUT2D eigenvalue weighted by Gasteiger charge is -2.66. The van der Waals surface area contributed by atoms with Gasteiger partial charge in [-0.2, -0.15) is 0 Å². The van der Waals surface area contributed by atoms with Crippen LogP contribution in [0, 0.1) is 10.8 Å². The van der Waals surface area contributed by atoms with Crippen LogP contribution in [0.2, 0.25) is 0 Å². The first-order valence-electron chi connectivity index (χ1n) is 11.6. The van der Waals surface area contributed by atoms with Gasteiger partial charge in [-0.3, -0.25) is 9.59 Å². The van der Waals surface area contributed by atoms with Gasteiger partial charge in [0.05, 0.1) is 24.0 Å². The summed E-state index contributed by atoms with van der Waals surface area (Å²) < 4.78 is 11.0. The summed E-state index contributed by atoms with van der Waals surface area (Å²) in [6, 6.07) is 0. The molecule has 2 bridgehead atoms.